The number of aromatic nitrogens is 2. The molecule has 0 spiro atoms. The summed E-state index contributed by atoms with van der Waals surface area (Å²) < 4.78 is 30.7. The molecule has 3 heterocycles. The van der Waals surface area contributed by atoms with Crippen LogP contribution in [0.2, 0.25) is 5.02 Å². The van der Waals surface area contributed by atoms with E-state index in [0.717, 1.165) is 17.4 Å². The predicted octanol–water partition coefficient (Wildman–Crippen LogP) is 5.10. The number of nitrogens with zero attached hydrogens (tertiary/aromatic N) is 5. The normalized spacial score (nSPS) is 15.5. The van der Waals surface area contributed by atoms with E-state index in [2.05, 4.69) is 32.7 Å². The summed E-state index contributed by atoms with van der Waals surface area (Å²) in [5.41, 5.74) is 0.803. The Hall–Kier alpha value is -4.10. The number of piperazine rings is 1. The van der Waals surface area contributed by atoms with Crippen LogP contribution < -0.4 is 15.5 Å². The SMILES string of the molecule is N#CCC1CN(c2c(C#N)cnc3c(F)c(-c4ccc(F)c5sc(NC(=O)O)nc45)c(Cl)cc23)CCN1. The smallest absolute Gasteiger partial charge is 0.410 e. The van der Waals surface area contributed by atoms with Gasteiger partial charge < -0.3 is 15.3 Å². The van der Waals surface area contributed by atoms with Crippen LogP contribution in [0.4, 0.5) is 24.4 Å². The van der Waals surface area contributed by atoms with E-state index < -0.39 is 17.7 Å². The van der Waals surface area contributed by atoms with Crippen molar-refractivity contribution in [2.45, 2.75) is 12.5 Å². The maximum atomic E-state index is 16.1. The number of carbonyl (C=O) groups is 1. The van der Waals surface area contributed by atoms with E-state index in [9.17, 15) is 14.4 Å². The van der Waals surface area contributed by atoms with E-state index in [0.29, 0.717) is 30.7 Å². The maximum Gasteiger partial charge on any atom is 0.410 e. The number of rotatable bonds is 4. The zero-order chi connectivity index (χ0) is 26.3. The van der Waals surface area contributed by atoms with Crippen LogP contribution in [0.3, 0.4) is 0 Å². The van der Waals surface area contributed by atoms with Crippen molar-refractivity contribution in [3.05, 3.63) is 46.6 Å². The maximum absolute atomic E-state index is 16.1. The second-order valence-corrected chi connectivity index (χ2v) is 9.66. The number of hydrogen-bond acceptors (Lipinski definition) is 8. The summed E-state index contributed by atoms with van der Waals surface area (Å²) in [4.78, 5) is 21.3. The van der Waals surface area contributed by atoms with E-state index >= 15 is 4.39 Å². The second-order valence-electron chi connectivity index (χ2n) is 8.26. The molecule has 13 heteroatoms. The number of halogens is 3. The van der Waals surface area contributed by atoms with Crippen LogP contribution in [0, 0.1) is 34.3 Å². The van der Waals surface area contributed by atoms with Crippen molar-refractivity contribution >= 4 is 61.0 Å². The van der Waals surface area contributed by atoms with E-state index in [4.69, 9.17) is 22.0 Å². The van der Waals surface area contributed by atoms with Gasteiger partial charge >= 0.3 is 6.09 Å². The Morgan fingerprint density at radius 3 is 2.89 bits per heavy atom. The first-order valence-corrected chi connectivity index (χ1v) is 12.2. The second kappa shape index (κ2) is 9.75. The van der Waals surface area contributed by atoms with Gasteiger partial charge in [0.05, 0.1) is 39.0 Å². The van der Waals surface area contributed by atoms with Gasteiger partial charge in [-0.2, -0.15) is 10.5 Å². The molecule has 0 aliphatic carbocycles. The van der Waals surface area contributed by atoms with Crippen molar-refractivity contribution in [3.8, 4) is 23.3 Å². The topological polar surface area (TPSA) is 138 Å². The molecule has 1 aliphatic rings. The van der Waals surface area contributed by atoms with Crippen LogP contribution in [0.1, 0.15) is 12.0 Å². The number of benzene rings is 2. The predicted molar refractivity (Wildman–Crippen MR) is 136 cm³/mol. The summed E-state index contributed by atoms with van der Waals surface area (Å²) >= 11 is 7.38. The minimum absolute atomic E-state index is 0.0134. The number of thiazole rings is 1. The number of hydrogen-bond donors (Lipinski definition) is 3. The monoisotopic (exact) mass is 539 g/mol. The van der Waals surface area contributed by atoms with E-state index in [1.807, 2.05) is 4.90 Å². The highest BCUT2D eigenvalue weighted by Crippen LogP contribution is 2.43. The van der Waals surface area contributed by atoms with Gasteiger partial charge in [-0.05, 0) is 18.2 Å². The van der Waals surface area contributed by atoms with Crippen LogP contribution in [0.5, 0.6) is 0 Å². The summed E-state index contributed by atoms with van der Waals surface area (Å²) in [6, 6.07) is 8.08. The molecule has 1 saturated heterocycles. The van der Waals surface area contributed by atoms with Gasteiger partial charge in [0.15, 0.2) is 10.9 Å². The van der Waals surface area contributed by atoms with Crippen molar-refractivity contribution in [2.24, 2.45) is 0 Å². The Morgan fingerprint density at radius 1 is 1.35 bits per heavy atom. The van der Waals surface area contributed by atoms with Crippen LogP contribution in [0.25, 0.3) is 32.2 Å². The van der Waals surface area contributed by atoms with Gasteiger partial charge in [-0.1, -0.05) is 22.9 Å². The number of fused-ring (bicyclic) bond motifs is 2. The van der Waals surface area contributed by atoms with Crippen molar-refractivity contribution in [2.75, 3.05) is 29.9 Å². The first kappa shape index (κ1) is 24.6. The lowest BCUT2D eigenvalue weighted by atomic mass is 9.99. The molecule has 0 saturated carbocycles. The number of nitrogens with one attached hydrogen (secondary N) is 2. The standard InChI is InChI=1S/C24H16ClF2N7O2S/c25-15-7-14-19(31-9-11(8-29)21(14)34-6-5-30-12(10-34)3-4-28)18(27)17(15)13-1-2-16(26)22-20(13)32-23(37-22)33-24(35)36/h1-2,7,9,12,30H,3,5-6,10H2,(H,32,33)(H,35,36). The Kier molecular flexibility index (Phi) is 6.48. The third-order valence-corrected chi connectivity index (χ3v) is 7.31. The van der Waals surface area contributed by atoms with E-state index in [1.165, 1.54) is 18.3 Å². The quantitative estimate of drug-likeness (QED) is 0.326. The molecular formula is C24H16ClF2N7O2S. The molecule has 4 aromatic rings. The highest BCUT2D eigenvalue weighted by atomic mass is 35.5. The summed E-state index contributed by atoms with van der Waals surface area (Å²) in [6.07, 6.45) is 0.191. The summed E-state index contributed by atoms with van der Waals surface area (Å²) in [6.45, 7) is 1.52. The Morgan fingerprint density at radius 2 is 2.16 bits per heavy atom. The van der Waals surface area contributed by atoms with Gasteiger partial charge in [-0.15, -0.1) is 0 Å². The van der Waals surface area contributed by atoms with E-state index in [-0.39, 0.29) is 55.0 Å². The molecule has 1 fully saturated rings. The third-order valence-electron chi connectivity index (χ3n) is 6.03. The molecule has 0 radical (unpaired) electrons. The summed E-state index contributed by atoms with van der Waals surface area (Å²) in [5, 5.41) is 33.4. The van der Waals surface area contributed by atoms with Crippen LogP contribution in [-0.4, -0.2) is 46.8 Å². The highest BCUT2D eigenvalue weighted by Gasteiger charge is 2.27. The van der Waals surface area contributed by atoms with Crippen LogP contribution in [-0.2, 0) is 0 Å². The fourth-order valence-electron chi connectivity index (χ4n) is 4.52. The average molecular weight is 540 g/mol. The molecule has 1 amide bonds. The van der Waals surface area contributed by atoms with Crippen LogP contribution in [0.15, 0.2) is 24.4 Å². The zero-order valence-electron chi connectivity index (χ0n) is 18.8. The van der Waals surface area contributed by atoms with E-state index in [1.54, 1.807) is 0 Å². The molecule has 37 heavy (non-hydrogen) atoms. The third kappa shape index (κ3) is 4.36. The molecule has 2 aromatic heterocycles. The summed E-state index contributed by atoms with van der Waals surface area (Å²) in [5.74, 6) is -1.43. The molecule has 0 bridgehead atoms. The molecule has 3 N–H and O–H groups in total. The molecular weight excluding hydrogens is 524 g/mol. The molecule has 186 valence electrons. The molecule has 1 unspecified atom stereocenters. The summed E-state index contributed by atoms with van der Waals surface area (Å²) in [7, 11) is 0. The fraction of sp³-hybridized carbons (Fsp3) is 0.208. The van der Waals surface area contributed by atoms with Gasteiger partial charge in [0.1, 0.15) is 17.4 Å². The number of pyridine rings is 1. The Bertz CT molecular complexity index is 1660. The van der Waals surface area contributed by atoms with Crippen molar-refractivity contribution in [1.29, 1.82) is 10.5 Å². The minimum atomic E-state index is -1.37. The Balaban J connectivity index is 1.71. The lowest BCUT2D eigenvalue weighted by Crippen LogP contribution is -2.50. The molecule has 1 aliphatic heterocycles. The molecule has 9 nitrogen and oxygen atoms in total. The lowest BCUT2D eigenvalue weighted by molar-refractivity contribution is 0.209. The average Bonchev–Trinajstić information content (AvgIpc) is 3.29. The highest BCUT2D eigenvalue weighted by molar-refractivity contribution is 7.22. The fourth-order valence-corrected chi connectivity index (χ4v) is 5.70. The number of carboxylic acid groups (broad SMARTS) is 1. The van der Waals surface area contributed by atoms with Gasteiger partial charge in [-0.3, -0.25) is 10.3 Å². The Labute approximate surface area is 217 Å². The minimum Gasteiger partial charge on any atom is -0.465 e. The van der Waals surface area contributed by atoms with Crippen molar-refractivity contribution < 1.29 is 18.7 Å². The lowest BCUT2D eigenvalue weighted by Gasteiger charge is -2.35. The van der Waals surface area contributed by atoms with Crippen LogP contribution >= 0.6 is 22.9 Å². The van der Waals surface area contributed by atoms with Gasteiger partial charge in [0.2, 0.25) is 0 Å². The number of anilines is 2. The molecule has 1 atom stereocenters. The van der Waals surface area contributed by atoms with Crippen molar-refractivity contribution in [1.82, 2.24) is 15.3 Å². The zero-order valence-corrected chi connectivity index (χ0v) is 20.4. The van der Waals surface area contributed by atoms with Gasteiger partial charge in [0, 0.05) is 48.4 Å². The van der Waals surface area contributed by atoms with Gasteiger partial charge in [-0.25, -0.2) is 18.6 Å². The number of amides is 1. The van der Waals surface area contributed by atoms with Crippen molar-refractivity contribution in [3.63, 3.8) is 0 Å². The number of nitriles is 2. The van der Waals surface area contributed by atoms with Gasteiger partial charge in [0.25, 0.3) is 0 Å². The first-order valence-electron chi connectivity index (χ1n) is 11.0. The molecule has 5 rings (SSSR count). The first-order chi connectivity index (χ1) is 17.8. The largest absolute Gasteiger partial charge is 0.465 e. The molecule has 2 aromatic carbocycles.